The maximum Gasteiger partial charge on any atom is 1.00 e. The third kappa shape index (κ3) is 35.0. The monoisotopic (exact) mass is 1680 g/mol. The maximum atomic E-state index is 12.9. The first-order valence-electron chi connectivity index (χ1n) is 37.8. The largest absolute Gasteiger partial charge is 1.00 e. The van der Waals surface area contributed by atoms with Crippen LogP contribution in [0, 0.1) is 0 Å². The van der Waals surface area contributed by atoms with Crippen molar-refractivity contribution in [1.29, 1.82) is 0 Å². The summed E-state index contributed by atoms with van der Waals surface area (Å²) in [6.45, 7) is 7.03. The van der Waals surface area contributed by atoms with Crippen molar-refractivity contribution in [3.63, 3.8) is 0 Å². The Bertz CT molecular complexity index is 3810. The van der Waals surface area contributed by atoms with Crippen molar-refractivity contribution in [3.05, 3.63) is 152 Å². The number of thioether (sulfide) groups is 2. The number of aliphatic hydroxyl groups is 6. The molecule has 116 heavy (non-hydrogen) atoms. The van der Waals surface area contributed by atoms with Crippen molar-refractivity contribution >= 4 is 71.2 Å². The predicted molar refractivity (Wildman–Crippen MR) is 420 cm³/mol. The molecule has 0 unspecified atom stereocenters. The molecule has 0 spiro atoms. The normalized spacial score (nSPS) is 19.9. The molecule has 12 atom stereocenters. The Morgan fingerprint density at radius 1 is 0.534 bits per heavy atom. The molecule has 0 aliphatic carbocycles. The van der Waals surface area contributed by atoms with Gasteiger partial charge in [-0.25, -0.2) is 6.29 Å². The average Bonchev–Trinajstić information content (AvgIpc) is 0.772. The number of aliphatic carboxylic acids is 1. The predicted octanol–water partition coefficient (Wildman–Crippen LogP) is -5.44. The number of hydrogen-bond acceptors (Lipinski definition) is 28. The van der Waals surface area contributed by atoms with Gasteiger partial charge in [-0.2, -0.15) is 23.5 Å². The van der Waals surface area contributed by atoms with Crippen molar-refractivity contribution in [3.8, 4) is 22.3 Å². The molecule has 0 saturated carbocycles. The van der Waals surface area contributed by atoms with Crippen molar-refractivity contribution in [2.45, 2.75) is 164 Å². The number of carbonyl (C=O) groups is 7. The molecule has 2 aliphatic heterocycles. The number of benzene rings is 4. The molecule has 2 heterocycles. The van der Waals surface area contributed by atoms with E-state index in [9.17, 15) is 83.7 Å². The van der Waals surface area contributed by atoms with E-state index in [0.717, 1.165) is 41.4 Å². The van der Waals surface area contributed by atoms with Crippen LogP contribution in [0.1, 0.15) is 110 Å². The number of carboxylic acids is 1. The van der Waals surface area contributed by atoms with E-state index in [0.29, 0.717) is 126 Å². The molecule has 7 rings (SSSR count). The number of rotatable bonds is 51. The summed E-state index contributed by atoms with van der Waals surface area (Å²) in [5, 5.41) is 93.7. The summed E-state index contributed by atoms with van der Waals surface area (Å²) in [4.78, 5) is 122. The van der Waals surface area contributed by atoms with E-state index in [1.165, 1.54) is 18.7 Å². The molecule has 5 aromatic rings. The van der Waals surface area contributed by atoms with Crippen LogP contribution in [0.15, 0.2) is 119 Å². The van der Waals surface area contributed by atoms with Gasteiger partial charge in [-0.1, -0.05) is 91.9 Å². The maximum absolute atomic E-state index is 12.9. The van der Waals surface area contributed by atoms with Crippen LogP contribution in [0.3, 0.4) is 0 Å². The van der Waals surface area contributed by atoms with Crippen LogP contribution in [-0.2, 0) is 79.5 Å². The molecule has 0 bridgehead atoms. The molecule has 2 fully saturated rings. The van der Waals surface area contributed by atoms with E-state index in [2.05, 4.69) is 31.9 Å². The zero-order chi connectivity index (χ0) is 82.1. The summed E-state index contributed by atoms with van der Waals surface area (Å²) in [6, 6.07) is 30.3. The Kier molecular flexibility index (Phi) is 50.8. The number of aliphatic hydroxyl groups excluding tert-OH is 6. The van der Waals surface area contributed by atoms with Crippen LogP contribution in [-0.4, -0.2) is 272 Å². The van der Waals surface area contributed by atoms with Gasteiger partial charge < -0.3 is 121 Å². The van der Waals surface area contributed by atoms with Gasteiger partial charge in [-0.3, -0.25) is 38.4 Å². The van der Waals surface area contributed by atoms with Gasteiger partial charge in [-0.15, -0.1) is 0 Å². The molecule has 36 heteroatoms. The Balaban J connectivity index is 0.000000698. The van der Waals surface area contributed by atoms with Crippen LogP contribution in [0.4, 0.5) is 0 Å². The molecule has 32 nitrogen and oxygen atoms in total. The molecule has 0 radical (unpaired) electrons. The van der Waals surface area contributed by atoms with Gasteiger partial charge in [0, 0.05) is 114 Å². The molecule has 2 aliphatic rings. The quantitative estimate of drug-likeness (QED) is 0.00748. The Morgan fingerprint density at radius 2 is 0.948 bits per heavy atom. The minimum atomic E-state index is -2.56. The molecule has 6 amide bonds. The van der Waals surface area contributed by atoms with E-state index in [1.807, 2.05) is 73.8 Å². The molecule has 5 aromatic carbocycles. The number of carbonyl (C=O) groups excluding carboxylic acids is 8. The van der Waals surface area contributed by atoms with Crippen molar-refractivity contribution in [1.82, 2.24) is 31.9 Å². The fourth-order valence-corrected chi connectivity index (χ4v) is 13.6. The van der Waals surface area contributed by atoms with E-state index in [4.69, 9.17) is 37.9 Å². The van der Waals surface area contributed by atoms with Crippen molar-refractivity contribution in [2.24, 2.45) is 0 Å². The second kappa shape index (κ2) is 56.5. The standard InChI is InChI=1S/C52H74N4O17S.C28H35N2O8S.2Na.H2O/c1-3-10-43(60)53-20-25-70-29-27-68-22-7-13-39-40(47(63)46(39)62)14-8-23-69-28-30-71-26-21-54-44(61)19-32-74-31-9-24-72-52(51(66)67)33-41(58)45(56-35(2)57)49(73-52)48(64)42(59)34-55-50(65)38-17-15-37(16-18-38)36-11-5-4-6-12-36;1-18(32)30-24-22(33)15-28(17-31,37-13-6-14-39-2)38-26(24)25(35)23(34)16-29-27(36)21-11-9-20(10-12-21)19-7-4-3-5-8-19;;;/h4-6,11-12,15-18,41-42,45,48-49,58-59,64H,3,7-10,13-14,19-34H2,1-2H3,(H,53,60)(H,54,61)(H,55,65)(H,56,57)(H,66,67);3-5,7-12,22-26,33-35H,6,13-16H2,1-2H3,(H,29,36)(H,30,32);;;1H2/q;-1;2*+1;/p-2/t41-,42+,45+,48+,49+,52+;22-,23+,24+,25+,26+,28+;;;/m00.../s1. The summed E-state index contributed by atoms with van der Waals surface area (Å²) in [5.74, 6) is -7.07. The summed E-state index contributed by atoms with van der Waals surface area (Å²) in [6.07, 6.45) is -5.93. The van der Waals surface area contributed by atoms with Crippen LogP contribution in [0.5, 0.6) is 0 Å². The average molecular weight is 1680 g/mol. The van der Waals surface area contributed by atoms with Gasteiger partial charge in [0.1, 0.15) is 30.4 Å². The molecule has 630 valence electrons. The second-order valence-corrected chi connectivity index (χ2v) is 29.2. The van der Waals surface area contributed by atoms with Gasteiger partial charge in [-0.05, 0) is 109 Å². The van der Waals surface area contributed by atoms with Crippen molar-refractivity contribution < 1.29 is 177 Å². The summed E-state index contributed by atoms with van der Waals surface area (Å²) in [5.41, 5.74) is 4.65. The van der Waals surface area contributed by atoms with E-state index >= 15 is 0 Å². The van der Waals surface area contributed by atoms with Crippen LogP contribution >= 0.6 is 23.5 Å². The minimum absolute atomic E-state index is 0. The molecule has 13 N–H and O–H groups in total. The number of carboxylic acid groups (broad SMARTS) is 1. The smallest absolute Gasteiger partial charge is 0.870 e. The number of amides is 6. The molecular weight excluding hydrogens is 1570 g/mol. The zero-order valence-electron chi connectivity index (χ0n) is 66.7. The van der Waals surface area contributed by atoms with Crippen LogP contribution < -0.4 is 107 Å². The SMILES string of the molecule is CCCC(=O)NCCOCCOCCCc1c(CCCOCCOCCNC(=O)CCSCCCO[C@]2(C(=O)[O-])C[C@H](O)[C@@H](NC(C)=O)[C@H]([C@H](O)[C@H](O)CNC(=O)c3ccc(-c4ccccc4)cc3)O2)c(=O)c1=O.CSCCCO[C@]1([C-]=O)C[C@H](O)[C@@H](NC(C)=O)[C@H]([C@H](O)[C@H](O)CNC(=O)c2ccc(-c3ccccc3)cc2)O1.[Na+].[Na+].[OH-]. The molecule has 2 saturated heterocycles. The Morgan fingerprint density at radius 3 is 1.38 bits per heavy atom. The summed E-state index contributed by atoms with van der Waals surface area (Å²) >= 11 is 3.01. The summed E-state index contributed by atoms with van der Waals surface area (Å²) < 4.78 is 44.9. The Labute approximate surface area is 728 Å². The third-order valence-corrected chi connectivity index (χ3v) is 20.0. The van der Waals surface area contributed by atoms with Gasteiger partial charge in [0.2, 0.25) is 40.3 Å². The number of nitrogens with one attached hydrogen (secondary N) is 6. The van der Waals surface area contributed by atoms with Crippen LogP contribution in [0.2, 0.25) is 0 Å². The van der Waals surface area contributed by atoms with Crippen LogP contribution in [0.25, 0.3) is 22.3 Å². The second-order valence-electron chi connectivity index (χ2n) is 27.0. The molecule has 0 aromatic heterocycles. The first kappa shape index (κ1) is 104. The fourth-order valence-electron chi connectivity index (χ4n) is 12.3. The minimum Gasteiger partial charge on any atom is -0.870 e. The fraction of sp³-hybridized carbons (Fsp3) is 0.550. The van der Waals surface area contributed by atoms with Gasteiger partial charge in [0.15, 0.2) is 0 Å². The van der Waals surface area contributed by atoms with E-state index < -0.39 is 126 Å². The van der Waals surface area contributed by atoms with E-state index in [1.54, 1.807) is 66.6 Å². The zero-order valence-corrected chi connectivity index (χ0v) is 72.3. The summed E-state index contributed by atoms with van der Waals surface area (Å²) in [7, 11) is 0. The number of ether oxygens (including phenoxy) is 8. The van der Waals surface area contributed by atoms with Gasteiger partial charge >= 0.3 is 59.1 Å². The topological polar surface area (TPSA) is 491 Å². The van der Waals surface area contributed by atoms with Gasteiger partial charge in [0.25, 0.3) is 11.8 Å². The van der Waals surface area contributed by atoms with E-state index in [-0.39, 0.29) is 128 Å². The Hall–Kier alpha value is -5.98. The first-order chi connectivity index (χ1) is 54.4. The number of hydrogen-bond donors (Lipinski definition) is 12. The molecular formula is C80H109N6Na2O26S2-. The first-order valence-corrected chi connectivity index (χ1v) is 40.4. The van der Waals surface area contributed by atoms with Gasteiger partial charge in [0.05, 0.1) is 88.5 Å². The van der Waals surface area contributed by atoms with Crippen molar-refractivity contribution in [2.75, 3.05) is 116 Å². The third-order valence-electron chi connectivity index (χ3n) is 18.2.